The SMILES string of the molecule is Cc1cc(SCc2ccccc2C#N)nc2ccccc12. The summed E-state index contributed by atoms with van der Waals surface area (Å²) in [5, 5.41) is 11.3. The first-order valence-corrected chi connectivity index (χ1v) is 7.73. The first kappa shape index (κ1) is 13.7. The summed E-state index contributed by atoms with van der Waals surface area (Å²) in [5.41, 5.74) is 4.05. The number of nitrogens with zero attached hydrogens (tertiary/aromatic N) is 2. The van der Waals surface area contributed by atoms with E-state index in [0.717, 1.165) is 27.4 Å². The Hall–Kier alpha value is -2.31. The van der Waals surface area contributed by atoms with E-state index in [4.69, 9.17) is 5.26 Å². The summed E-state index contributed by atoms with van der Waals surface area (Å²) in [4.78, 5) is 4.69. The van der Waals surface area contributed by atoms with Crippen molar-refractivity contribution in [3.63, 3.8) is 0 Å². The maximum atomic E-state index is 9.13. The molecule has 0 aliphatic rings. The first-order valence-electron chi connectivity index (χ1n) is 6.75. The molecule has 3 rings (SSSR count). The van der Waals surface area contributed by atoms with Gasteiger partial charge in [-0.05, 0) is 36.2 Å². The van der Waals surface area contributed by atoms with Crippen LogP contribution in [0.4, 0.5) is 0 Å². The number of fused-ring (bicyclic) bond motifs is 1. The van der Waals surface area contributed by atoms with Crippen molar-refractivity contribution in [1.29, 1.82) is 5.26 Å². The largest absolute Gasteiger partial charge is 0.241 e. The van der Waals surface area contributed by atoms with E-state index < -0.39 is 0 Å². The van der Waals surface area contributed by atoms with Gasteiger partial charge in [-0.1, -0.05) is 36.4 Å². The van der Waals surface area contributed by atoms with Gasteiger partial charge in [0.1, 0.15) is 0 Å². The minimum atomic E-state index is 0.738. The van der Waals surface area contributed by atoms with E-state index in [-0.39, 0.29) is 0 Å². The lowest BCUT2D eigenvalue weighted by molar-refractivity contribution is 1.16. The van der Waals surface area contributed by atoms with Crippen molar-refractivity contribution in [2.75, 3.05) is 0 Å². The Labute approximate surface area is 128 Å². The standard InChI is InChI=1S/C18H14N2S/c1-13-10-18(20-17-9-5-4-8-16(13)17)21-12-15-7-3-2-6-14(15)11-19/h2-10H,12H2,1H3. The fourth-order valence-electron chi connectivity index (χ4n) is 2.30. The van der Waals surface area contributed by atoms with Gasteiger partial charge in [0.05, 0.1) is 22.2 Å². The monoisotopic (exact) mass is 290 g/mol. The van der Waals surface area contributed by atoms with Crippen LogP contribution in [-0.2, 0) is 5.75 Å². The maximum absolute atomic E-state index is 9.13. The molecule has 3 aromatic rings. The lowest BCUT2D eigenvalue weighted by Crippen LogP contribution is -1.90. The fraction of sp³-hybridized carbons (Fsp3) is 0.111. The highest BCUT2D eigenvalue weighted by Gasteiger charge is 2.05. The van der Waals surface area contributed by atoms with Crippen LogP contribution in [0.2, 0.25) is 0 Å². The minimum absolute atomic E-state index is 0.738. The van der Waals surface area contributed by atoms with E-state index in [0.29, 0.717) is 0 Å². The van der Waals surface area contributed by atoms with E-state index in [1.54, 1.807) is 11.8 Å². The summed E-state index contributed by atoms with van der Waals surface area (Å²) in [5.74, 6) is 0.758. The van der Waals surface area contributed by atoms with Crippen LogP contribution in [-0.4, -0.2) is 4.98 Å². The Morgan fingerprint density at radius 3 is 2.71 bits per heavy atom. The average molecular weight is 290 g/mol. The molecule has 0 spiro atoms. The quantitative estimate of drug-likeness (QED) is 0.656. The highest BCUT2D eigenvalue weighted by atomic mass is 32.2. The predicted octanol–water partition coefficient (Wildman–Crippen LogP) is 4.71. The van der Waals surface area contributed by atoms with Gasteiger partial charge in [-0.15, -0.1) is 11.8 Å². The number of hydrogen-bond donors (Lipinski definition) is 0. The van der Waals surface area contributed by atoms with E-state index in [2.05, 4.69) is 30.1 Å². The molecule has 0 fully saturated rings. The van der Waals surface area contributed by atoms with Crippen molar-refractivity contribution < 1.29 is 0 Å². The van der Waals surface area contributed by atoms with Gasteiger partial charge in [0.15, 0.2) is 0 Å². The van der Waals surface area contributed by atoms with E-state index >= 15 is 0 Å². The second-order valence-electron chi connectivity index (χ2n) is 4.85. The highest BCUT2D eigenvalue weighted by Crippen LogP contribution is 2.26. The van der Waals surface area contributed by atoms with Crippen molar-refractivity contribution in [2.24, 2.45) is 0 Å². The summed E-state index contributed by atoms with van der Waals surface area (Å²) < 4.78 is 0. The van der Waals surface area contributed by atoms with Crippen LogP contribution in [0.3, 0.4) is 0 Å². The third kappa shape index (κ3) is 2.91. The van der Waals surface area contributed by atoms with Gasteiger partial charge >= 0.3 is 0 Å². The van der Waals surface area contributed by atoms with Crippen LogP contribution < -0.4 is 0 Å². The van der Waals surface area contributed by atoms with Crippen molar-refractivity contribution in [1.82, 2.24) is 4.98 Å². The Balaban J connectivity index is 1.87. The Kier molecular flexibility index (Phi) is 3.89. The molecule has 2 aromatic carbocycles. The van der Waals surface area contributed by atoms with Crippen LogP contribution in [0.5, 0.6) is 0 Å². The van der Waals surface area contributed by atoms with E-state index in [9.17, 15) is 0 Å². The zero-order valence-corrected chi connectivity index (χ0v) is 12.5. The van der Waals surface area contributed by atoms with E-state index in [1.807, 2.05) is 42.5 Å². The smallest absolute Gasteiger partial charge is 0.0994 e. The highest BCUT2D eigenvalue weighted by molar-refractivity contribution is 7.98. The lowest BCUT2D eigenvalue weighted by atomic mass is 10.1. The van der Waals surface area contributed by atoms with Gasteiger partial charge in [0, 0.05) is 11.1 Å². The van der Waals surface area contributed by atoms with Gasteiger partial charge in [-0.25, -0.2) is 4.98 Å². The normalized spacial score (nSPS) is 10.5. The number of para-hydroxylation sites is 1. The molecule has 0 saturated heterocycles. The van der Waals surface area contributed by atoms with Crippen LogP contribution in [0.15, 0.2) is 59.6 Å². The summed E-state index contributed by atoms with van der Waals surface area (Å²) in [6, 6.07) is 20.2. The van der Waals surface area contributed by atoms with Gasteiger partial charge in [0.2, 0.25) is 0 Å². The molecule has 0 aliphatic heterocycles. The number of aromatic nitrogens is 1. The van der Waals surface area contributed by atoms with Gasteiger partial charge in [0.25, 0.3) is 0 Å². The van der Waals surface area contributed by atoms with Crippen molar-refractivity contribution in [3.8, 4) is 6.07 Å². The summed E-state index contributed by atoms with van der Waals surface area (Å²) in [7, 11) is 0. The molecule has 0 bridgehead atoms. The van der Waals surface area contributed by atoms with E-state index in [1.165, 1.54) is 10.9 Å². The number of aryl methyl sites for hydroxylation is 1. The molecule has 0 unspecified atom stereocenters. The second kappa shape index (κ2) is 5.99. The summed E-state index contributed by atoms with van der Waals surface area (Å²) >= 11 is 1.67. The number of thioether (sulfide) groups is 1. The number of benzene rings is 2. The summed E-state index contributed by atoms with van der Waals surface area (Å²) in [6.45, 7) is 2.11. The van der Waals surface area contributed by atoms with Crippen LogP contribution in [0, 0.1) is 18.3 Å². The molecule has 0 N–H and O–H groups in total. The zero-order chi connectivity index (χ0) is 14.7. The van der Waals surface area contributed by atoms with Crippen molar-refractivity contribution in [3.05, 3.63) is 71.3 Å². The van der Waals surface area contributed by atoms with Crippen molar-refractivity contribution >= 4 is 22.7 Å². The first-order chi connectivity index (χ1) is 10.3. The lowest BCUT2D eigenvalue weighted by Gasteiger charge is -2.07. The molecule has 2 nitrogen and oxygen atoms in total. The molecular weight excluding hydrogens is 276 g/mol. The number of rotatable bonds is 3. The van der Waals surface area contributed by atoms with Gasteiger partial charge in [-0.3, -0.25) is 0 Å². The molecule has 1 heterocycles. The van der Waals surface area contributed by atoms with Gasteiger partial charge in [-0.2, -0.15) is 5.26 Å². The Morgan fingerprint density at radius 1 is 1.10 bits per heavy atom. The van der Waals surface area contributed by atoms with Gasteiger partial charge < -0.3 is 0 Å². The average Bonchev–Trinajstić information content (AvgIpc) is 2.53. The molecule has 3 heteroatoms. The minimum Gasteiger partial charge on any atom is -0.241 e. The maximum Gasteiger partial charge on any atom is 0.0994 e. The van der Waals surface area contributed by atoms with Crippen molar-refractivity contribution in [2.45, 2.75) is 17.7 Å². The van der Waals surface area contributed by atoms with Crippen LogP contribution in [0.1, 0.15) is 16.7 Å². The van der Waals surface area contributed by atoms with Crippen LogP contribution in [0.25, 0.3) is 10.9 Å². The fourth-order valence-corrected chi connectivity index (χ4v) is 3.28. The summed E-state index contributed by atoms with van der Waals surface area (Å²) in [6.07, 6.45) is 0. The number of hydrogen-bond acceptors (Lipinski definition) is 3. The number of pyridine rings is 1. The molecule has 1 aromatic heterocycles. The molecule has 102 valence electrons. The topological polar surface area (TPSA) is 36.7 Å². The molecule has 0 atom stereocenters. The third-order valence-electron chi connectivity index (χ3n) is 3.41. The second-order valence-corrected chi connectivity index (χ2v) is 5.85. The molecule has 0 aliphatic carbocycles. The Bertz CT molecular complexity index is 834. The number of nitriles is 1. The molecule has 0 radical (unpaired) electrons. The molecule has 21 heavy (non-hydrogen) atoms. The molecule has 0 saturated carbocycles. The third-order valence-corrected chi connectivity index (χ3v) is 4.37. The molecule has 0 amide bonds. The Morgan fingerprint density at radius 2 is 1.86 bits per heavy atom. The zero-order valence-electron chi connectivity index (χ0n) is 11.7. The van der Waals surface area contributed by atoms with Crippen LogP contribution >= 0.6 is 11.8 Å². The predicted molar refractivity (Wildman–Crippen MR) is 87.2 cm³/mol. The molecular formula is C18H14N2S.